The predicted octanol–water partition coefficient (Wildman–Crippen LogP) is 6.18. The van der Waals surface area contributed by atoms with Crippen LogP contribution in [-0.4, -0.2) is 16.5 Å². The Morgan fingerprint density at radius 1 is 1.00 bits per heavy atom. The topological polar surface area (TPSA) is 34.0 Å². The van der Waals surface area contributed by atoms with E-state index in [-0.39, 0.29) is 23.7 Å². The summed E-state index contributed by atoms with van der Waals surface area (Å²) in [5.41, 5.74) is 5.57. The van der Waals surface area contributed by atoms with Crippen molar-refractivity contribution in [3.8, 4) is 0 Å². The minimum Gasteiger partial charge on any atom is -0.354 e. The van der Waals surface area contributed by atoms with Crippen LogP contribution in [0.2, 0.25) is 0 Å². The molecule has 0 unspecified atom stereocenters. The van der Waals surface area contributed by atoms with E-state index >= 15 is 0 Å². The van der Waals surface area contributed by atoms with E-state index < -0.39 is 0 Å². The molecule has 1 N–H and O–H groups in total. The van der Waals surface area contributed by atoms with Crippen LogP contribution in [0.4, 0.5) is 4.39 Å². The first-order valence-corrected chi connectivity index (χ1v) is 11.1. The maximum absolute atomic E-state index is 13.4. The number of aromatic nitrogens is 1. The van der Waals surface area contributed by atoms with Crippen molar-refractivity contribution in [2.75, 3.05) is 0 Å². The number of carbonyl (C=O) groups is 1. The quantitative estimate of drug-likeness (QED) is 0.374. The van der Waals surface area contributed by atoms with Gasteiger partial charge in [-0.05, 0) is 55.7 Å². The highest BCUT2D eigenvalue weighted by molar-refractivity contribution is 5.87. The van der Waals surface area contributed by atoms with E-state index in [1.54, 1.807) is 0 Å². The van der Waals surface area contributed by atoms with Gasteiger partial charge in [0.1, 0.15) is 5.82 Å². The molecule has 1 aromatic heterocycles. The van der Waals surface area contributed by atoms with E-state index in [0.717, 1.165) is 27.6 Å². The molecular weight excluding hydrogens is 399 g/mol. The van der Waals surface area contributed by atoms with Gasteiger partial charge in [0, 0.05) is 42.0 Å². The fourth-order valence-corrected chi connectivity index (χ4v) is 4.33. The minimum absolute atomic E-state index is 0.0434. The molecule has 1 heterocycles. The lowest BCUT2D eigenvalue weighted by Gasteiger charge is -2.19. The van der Waals surface area contributed by atoms with Gasteiger partial charge in [0.25, 0.3) is 0 Å². The molecule has 3 aromatic carbocycles. The van der Waals surface area contributed by atoms with E-state index in [1.807, 2.05) is 38.1 Å². The van der Waals surface area contributed by atoms with Gasteiger partial charge in [-0.2, -0.15) is 0 Å². The zero-order valence-electron chi connectivity index (χ0n) is 18.8. The van der Waals surface area contributed by atoms with Gasteiger partial charge in [-0.3, -0.25) is 4.79 Å². The average molecular weight is 429 g/mol. The number of aryl methyl sites for hydroxylation is 1. The van der Waals surface area contributed by atoms with Gasteiger partial charge in [-0.25, -0.2) is 4.39 Å². The van der Waals surface area contributed by atoms with Crippen LogP contribution in [0, 0.1) is 12.7 Å². The van der Waals surface area contributed by atoms with Crippen LogP contribution in [0.1, 0.15) is 48.4 Å². The molecule has 0 saturated carbocycles. The number of rotatable bonds is 7. The normalized spacial score (nSPS) is 12.3. The van der Waals surface area contributed by atoms with Gasteiger partial charge in [-0.1, -0.05) is 60.2 Å². The number of hydrogen-bond acceptors (Lipinski definition) is 1. The Bertz CT molecular complexity index is 1220. The van der Waals surface area contributed by atoms with Gasteiger partial charge >= 0.3 is 0 Å². The Balaban J connectivity index is 1.79. The summed E-state index contributed by atoms with van der Waals surface area (Å²) >= 11 is 0. The van der Waals surface area contributed by atoms with Crippen LogP contribution < -0.4 is 5.32 Å². The molecule has 1 atom stereocenters. The third-order valence-corrected chi connectivity index (χ3v) is 5.74. The van der Waals surface area contributed by atoms with Crippen molar-refractivity contribution in [1.29, 1.82) is 0 Å². The highest BCUT2D eigenvalue weighted by Gasteiger charge is 2.23. The predicted molar refractivity (Wildman–Crippen MR) is 128 cm³/mol. The molecule has 0 saturated heterocycles. The first kappa shape index (κ1) is 21.8. The van der Waals surface area contributed by atoms with Crippen molar-refractivity contribution in [3.05, 3.63) is 107 Å². The second-order valence-electron chi connectivity index (χ2n) is 8.75. The Hall–Kier alpha value is -3.40. The lowest BCUT2D eigenvalue weighted by molar-refractivity contribution is -0.121. The second-order valence-corrected chi connectivity index (χ2v) is 8.75. The van der Waals surface area contributed by atoms with Crippen molar-refractivity contribution in [1.82, 2.24) is 9.88 Å². The Kier molecular flexibility index (Phi) is 6.40. The summed E-state index contributed by atoms with van der Waals surface area (Å²) in [7, 11) is 0. The first-order chi connectivity index (χ1) is 15.4. The monoisotopic (exact) mass is 428 g/mol. The Morgan fingerprint density at radius 2 is 1.75 bits per heavy atom. The summed E-state index contributed by atoms with van der Waals surface area (Å²) in [5.74, 6) is -0.252. The maximum atomic E-state index is 13.4. The number of para-hydroxylation sites is 1. The highest BCUT2D eigenvalue weighted by atomic mass is 19.1. The van der Waals surface area contributed by atoms with Gasteiger partial charge in [0.05, 0.1) is 0 Å². The van der Waals surface area contributed by atoms with Crippen LogP contribution >= 0.6 is 0 Å². The number of nitrogens with one attached hydrogen (secondary N) is 1. The standard InChI is InChI=1S/C28H29FN2O/c1-19(2)30-28(32)16-25(22-8-6-7-20(3)15-22)26-18-31(27-10-5-4-9-24(26)27)17-21-11-13-23(29)14-12-21/h4-15,18-19,25H,16-17H2,1-3H3,(H,30,32)/t25-/m1/s1. The molecule has 1 amide bonds. The number of nitrogens with zero attached hydrogens (tertiary/aromatic N) is 1. The van der Waals surface area contributed by atoms with Crippen LogP contribution in [0.25, 0.3) is 10.9 Å². The summed E-state index contributed by atoms with van der Waals surface area (Å²) < 4.78 is 15.6. The molecule has 0 aliphatic rings. The molecule has 32 heavy (non-hydrogen) atoms. The fraction of sp³-hybridized carbons (Fsp3) is 0.250. The zero-order chi connectivity index (χ0) is 22.7. The molecule has 4 rings (SSSR count). The summed E-state index contributed by atoms with van der Waals surface area (Å²) in [5, 5.41) is 4.18. The average Bonchev–Trinajstić information content (AvgIpc) is 3.11. The number of amides is 1. The second kappa shape index (κ2) is 9.39. The van der Waals surface area contributed by atoms with Gasteiger partial charge in [0.15, 0.2) is 0 Å². The van der Waals surface area contributed by atoms with Crippen molar-refractivity contribution in [2.45, 2.75) is 45.7 Å². The molecule has 0 fully saturated rings. The lowest BCUT2D eigenvalue weighted by atomic mass is 9.87. The SMILES string of the molecule is Cc1cccc([C@@H](CC(=O)NC(C)C)c2cn(Cc3ccc(F)cc3)c3ccccc23)c1. The molecule has 0 aliphatic carbocycles. The molecule has 0 spiro atoms. The van der Waals surface area contributed by atoms with E-state index in [0.29, 0.717) is 13.0 Å². The maximum Gasteiger partial charge on any atom is 0.221 e. The molecule has 0 aliphatic heterocycles. The molecule has 4 aromatic rings. The van der Waals surface area contributed by atoms with Crippen molar-refractivity contribution in [3.63, 3.8) is 0 Å². The summed E-state index contributed by atoms with van der Waals surface area (Å²) in [6.07, 6.45) is 2.54. The largest absolute Gasteiger partial charge is 0.354 e. The number of hydrogen-bond donors (Lipinski definition) is 1. The molecular formula is C28H29FN2O. The first-order valence-electron chi connectivity index (χ1n) is 11.1. The number of halogens is 1. The van der Waals surface area contributed by atoms with E-state index in [2.05, 4.69) is 59.4 Å². The van der Waals surface area contributed by atoms with E-state index in [1.165, 1.54) is 17.7 Å². The van der Waals surface area contributed by atoms with E-state index in [4.69, 9.17) is 0 Å². The Labute approximate surface area is 188 Å². The molecule has 0 radical (unpaired) electrons. The summed E-state index contributed by atoms with van der Waals surface area (Å²) in [6, 6.07) is 23.4. The smallest absolute Gasteiger partial charge is 0.221 e. The van der Waals surface area contributed by atoms with Crippen molar-refractivity contribution >= 4 is 16.8 Å². The summed E-state index contributed by atoms with van der Waals surface area (Å²) in [4.78, 5) is 12.8. The van der Waals surface area contributed by atoms with Gasteiger partial charge in [0.2, 0.25) is 5.91 Å². The zero-order valence-corrected chi connectivity index (χ0v) is 18.8. The lowest BCUT2D eigenvalue weighted by Crippen LogP contribution is -2.31. The molecule has 3 nitrogen and oxygen atoms in total. The number of carbonyl (C=O) groups excluding carboxylic acids is 1. The van der Waals surface area contributed by atoms with Crippen LogP contribution in [0.3, 0.4) is 0 Å². The van der Waals surface area contributed by atoms with E-state index in [9.17, 15) is 9.18 Å². The number of fused-ring (bicyclic) bond motifs is 1. The van der Waals surface area contributed by atoms with Crippen LogP contribution in [0.15, 0.2) is 79.0 Å². The third kappa shape index (κ3) is 4.91. The van der Waals surface area contributed by atoms with Gasteiger partial charge in [-0.15, -0.1) is 0 Å². The third-order valence-electron chi connectivity index (χ3n) is 5.74. The minimum atomic E-state index is -0.234. The summed E-state index contributed by atoms with van der Waals surface area (Å²) in [6.45, 7) is 6.67. The van der Waals surface area contributed by atoms with Crippen molar-refractivity contribution in [2.24, 2.45) is 0 Å². The number of benzene rings is 3. The van der Waals surface area contributed by atoms with Crippen molar-refractivity contribution < 1.29 is 9.18 Å². The molecule has 164 valence electrons. The fourth-order valence-electron chi connectivity index (χ4n) is 4.33. The van der Waals surface area contributed by atoms with Crippen LogP contribution in [-0.2, 0) is 11.3 Å². The Morgan fingerprint density at radius 3 is 2.47 bits per heavy atom. The van der Waals surface area contributed by atoms with Gasteiger partial charge < -0.3 is 9.88 Å². The molecule has 4 heteroatoms. The highest BCUT2D eigenvalue weighted by Crippen LogP contribution is 2.35. The molecule has 0 bridgehead atoms. The van der Waals surface area contributed by atoms with Crippen LogP contribution in [0.5, 0.6) is 0 Å².